The Balaban J connectivity index is 0.000000266. The van der Waals surface area contributed by atoms with Crippen LogP contribution >= 0.6 is 23.5 Å². The number of nitrogens with one attached hydrogen (secondary N) is 4. The molecule has 0 spiro atoms. The van der Waals surface area contributed by atoms with E-state index in [4.69, 9.17) is 14.6 Å². The van der Waals surface area contributed by atoms with Gasteiger partial charge in [0.1, 0.15) is 34.9 Å². The van der Waals surface area contributed by atoms with Crippen molar-refractivity contribution in [1.29, 1.82) is 0 Å². The number of carboxylic acids is 1. The Morgan fingerprint density at radius 3 is 1.51 bits per heavy atom. The summed E-state index contributed by atoms with van der Waals surface area (Å²) in [6, 6.07) is 2.73. The zero-order chi connectivity index (χ0) is 36.8. The van der Waals surface area contributed by atoms with Crippen LogP contribution in [0.3, 0.4) is 0 Å². The Bertz CT molecular complexity index is 1660. The molecule has 2 aliphatic rings. The number of methoxy groups -OCH3 is 1. The smallest absolute Gasteiger partial charge is 0.408 e. The highest BCUT2D eigenvalue weighted by atomic mass is 32.2. The molecule has 0 fully saturated rings. The van der Waals surface area contributed by atoms with Gasteiger partial charge < -0.3 is 40.6 Å². The molecule has 2 heterocycles. The van der Waals surface area contributed by atoms with Gasteiger partial charge in [-0.25, -0.2) is 28.0 Å². The van der Waals surface area contributed by atoms with Gasteiger partial charge in [0.15, 0.2) is 0 Å². The second kappa shape index (κ2) is 15.8. The van der Waals surface area contributed by atoms with E-state index >= 15 is 0 Å². The molecular formula is C31H36F2N4O10S2. The number of carbonyl (C=O) groups excluding carboxylic acids is 5. The van der Waals surface area contributed by atoms with E-state index in [1.807, 2.05) is 0 Å². The number of hydrogen-bond acceptors (Lipinski definition) is 11. The van der Waals surface area contributed by atoms with Crippen LogP contribution in [0.1, 0.15) is 62.3 Å². The average molecular weight is 727 g/mol. The van der Waals surface area contributed by atoms with Crippen LogP contribution in [0.15, 0.2) is 34.1 Å². The Morgan fingerprint density at radius 1 is 0.755 bits per heavy atom. The second-order valence-electron chi connectivity index (χ2n) is 12.5. The van der Waals surface area contributed by atoms with Gasteiger partial charge in [-0.3, -0.25) is 9.59 Å². The van der Waals surface area contributed by atoms with E-state index in [1.165, 1.54) is 17.8 Å². The van der Waals surface area contributed by atoms with Crippen LogP contribution in [-0.4, -0.2) is 82.9 Å². The number of amides is 4. The molecule has 0 radical (unpaired) electrons. The third kappa shape index (κ3) is 11.2. The molecule has 2 aromatic carbocycles. The lowest BCUT2D eigenvalue weighted by Crippen LogP contribution is -2.46. The summed E-state index contributed by atoms with van der Waals surface area (Å²) in [7, 11) is 1.14. The first kappa shape index (κ1) is 38.9. The fourth-order valence-corrected chi connectivity index (χ4v) is 6.09. The molecule has 49 heavy (non-hydrogen) atoms. The van der Waals surface area contributed by atoms with Crippen molar-refractivity contribution in [1.82, 2.24) is 10.6 Å². The molecule has 4 amide bonds. The molecule has 2 atom stereocenters. The highest BCUT2D eigenvalue weighted by Gasteiger charge is 2.31. The highest BCUT2D eigenvalue weighted by Crippen LogP contribution is 2.34. The number of carbonyl (C=O) groups is 6. The molecule has 0 saturated heterocycles. The minimum atomic E-state index is -1.43. The summed E-state index contributed by atoms with van der Waals surface area (Å²) < 4.78 is 42.5. The number of hydrogen-bond donors (Lipinski definition) is 5. The monoisotopic (exact) mass is 726 g/mol. The summed E-state index contributed by atoms with van der Waals surface area (Å²) in [5, 5.41) is 19.0. The molecule has 0 saturated carbocycles. The number of anilines is 2. The van der Waals surface area contributed by atoms with Gasteiger partial charge in [0.25, 0.3) is 0 Å². The number of rotatable bonds is 4. The van der Waals surface area contributed by atoms with Crippen LogP contribution in [0.2, 0.25) is 0 Å². The first-order valence-electron chi connectivity index (χ1n) is 14.5. The van der Waals surface area contributed by atoms with Crippen LogP contribution in [0.25, 0.3) is 0 Å². The second-order valence-corrected chi connectivity index (χ2v) is 14.6. The summed E-state index contributed by atoms with van der Waals surface area (Å²) >= 11 is 2.31. The molecule has 0 aliphatic carbocycles. The summed E-state index contributed by atoms with van der Waals surface area (Å²) in [5.74, 6) is -4.57. The van der Waals surface area contributed by atoms with Crippen molar-refractivity contribution in [2.75, 3.05) is 29.2 Å². The van der Waals surface area contributed by atoms with E-state index in [9.17, 15) is 37.5 Å². The molecule has 2 aliphatic heterocycles. The van der Waals surface area contributed by atoms with Crippen molar-refractivity contribution in [2.24, 2.45) is 0 Å². The number of thioether (sulfide) groups is 2. The first-order chi connectivity index (χ1) is 22.7. The van der Waals surface area contributed by atoms with Gasteiger partial charge in [-0.1, -0.05) is 0 Å². The minimum absolute atomic E-state index is 0.157. The lowest BCUT2D eigenvalue weighted by Gasteiger charge is -2.22. The number of aromatic carboxylic acids is 1. The van der Waals surface area contributed by atoms with Gasteiger partial charge in [0.2, 0.25) is 11.8 Å². The zero-order valence-electron chi connectivity index (χ0n) is 27.6. The van der Waals surface area contributed by atoms with E-state index in [-0.39, 0.29) is 28.4 Å². The maximum absolute atomic E-state index is 14.0. The first-order valence-corrected chi connectivity index (χ1v) is 16.5. The van der Waals surface area contributed by atoms with Crippen molar-refractivity contribution in [2.45, 2.75) is 74.6 Å². The van der Waals surface area contributed by atoms with Gasteiger partial charge >= 0.3 is 24.1 Å². The van der Waals surface area contributed by atoms with Crippen LogP contribution in [0, 0.1) is 11.6 Å². The van der Waals surface area contributed by atoms with E-state index in [0.717, 1.165) is 37.1 Å². The Hall–Kier alpha value is -4.58. The fourth-order valence-electron chi connectivity index (χ4n) is 4.03. The minimum Gasteiger partial charge on any atom is -0.478 e. The lowest BCUT2D eigenvalue weighted by atomic mass is 10.1. The summed E-state index contributed by atoms with van der Waals surface area (Å²) in [5.41, 5.74) is -1.74. The highest BCUT2D eigenvalue weighted by molar-refractivity contribution is 7.99. The van der Waals surface area contributed by atoms with E-state index < -0.39 is 76.4 Å². The van der Waals surface area contributed by atoms with E-state index in [2.05, 4.69) is 26.0 Å². The standard InChI is InChI=1S/C16H19FN2O5S.C15H17FN2O5S/c1-16(2,3)24-15(22)19-11-7-25-12-6-9(17)8(14(21)23-4)5-10(12)18-13(11)20;1-15(2,3)23-14(22)18-10-6-24-11-5-8(16)7(13(20)21)4-9(11)17-12(10)19/h5-6,11H,7H2,1-4H3,(H,18,20)(H,19,22);4-5,10H,6H2,1-3H3,(H,17,19)(H,18,22)(H,20,21)/t11-;10-/m00/s1. The Kier molecular flexibility index (Phi) is 12.5. The van der Waals surface area contributed by atoms with Crippen molar-refractivity contribution in [3.8, 4) is 0 Å². The molecule has 266 valence electrons. The number of esters is 1. The molecule has 0 unspecified atom stereocenters. The topological polar surface area (TPSA) is 198 Å². The maximum atomic E-state index is 14.0. The van der Waals surface area contributed by atoms with Crippen molar-refractivity contribution < 1.29 is 56.9 Å². The van der Waals surface area contributed by atoms with Crippen LogP contribution < -0.4 is 21.3 Å². The molecular weight excluding hydrogens is 690 g/mol. The molecule has 18 heteroatoms. The van der Waals surface area contributed by atoms with E-state index in [0.29, 0.717) is 9.79 Å². The van der Waals surface area contributed by atoms with Crippen LogP contribution in [0.5, 0.6) is 0 Å². The SMILES string of the molecule is CC(C)(C)OC(=O)N[C@H]1CSc2cc(F)c(C(=O)O)cc2NC1=O.COC(=O)c1cc2c(cc1F)SC[C@H](NC(=O)OC(C)(C)C)C(=O)N2. The predicted molar refractivity (Wildman–Crippen MR) is 176 cm³/mol. The number of benzene rings is 2. The summed E-state index contributed by atoms with van der Waals surface area (Å²) in [6.45, 7) is 10.2. The molecule has 5 N–H and O–H groups in total. The van der Waals surface area contributed by atoms with Gasteiger partial charge in [0.05, 0.1) is 29.6 Å². The van der Waals surface area contributed by atoms with Crippen molar-refractivity contribution in [3.05, 3.63) is 47.0 Å². The Morgan fingerprint density at radius 2 is 1.14 bits per heavy atom. The summed E-state index contributed by atoms with van der Waals surface area (Å²) in [6.07, 6.45) is -1.47. The third-order valence-corrected chi connectivity index (χ3v) is 8.41. The zero-order valence-corrected chi connectivity index (χ0v) is 29.2. The Labute approximate surface area is 288 Å². The van der Waals surface area contributed by atoms with Gasteiger partial charge in [-0.2, -0.15) is 0 Å². The number of carboxylic acid groups (broad SMARTS) is 1. The molecule has 0 aromatic heterocycles. The number of halogens is 2. The van der Waals surface area contributed by atoms with Crippen LogP contribution in [0.4, 0.5) is 29.7 Å². The normalized spacial score (nSPS) is 17.2. The lowest BCUT2D eigenvalue weighted by molar-refractivity contribution is -0.118. The van der Waals surface area contributed by atoms with Gasteiger partial charge in [0, 0.05) is 21.3 Å². The third-order valence-electron chi connectivity index (χ3n) is 6.12. The van der Waals surface area contributed by atoms with Gasteiger partial charge in [-0.05, 0) is 65.8 Å². The number of ether oxygens (including phenoxy) is 3. The number of fused-ring (bicyclic) bond motifs is 2. The van der Waals surface area contributed by atoms with Crippen LogP contribution in [-0.2, 0) is 23.8 Å². The van der Waals surface area contributed by atoms with Crippen molar-refractivity contribution >= 4 is 70.8 Å². The molecule has 14 nitrogen and oxygen atoms in total. The quantitative estimate of drug-likeness (QED) is 0.209. The van der Waals surface area contributed by atoms with Gasteiger partial charge in [-0.15, -0.1) is 23.5 Å². The fraction of sp³-hybridized carbons (Fsp3) is 0.419. The molecule has 0 bridgehead atoms. The predicted octanol–water partition coefficient (Wildman–Crippen LogP) is 5.01. The number of alkyl carbamates (subject to hydrolysis) is 2. The maximum Gasteiger partial charge on any atom is 0.408 e. The largest absolute Gasteiger partial charge is 0.478 e. The molecule has 2 aromatic rings. The van der Waals surface area contributed by atoms with Crippen molar-refractivity contribution in [3.63, 3.8) is 0 Å². The molecule has 4 rings (SSSR count). The average Bonchev–Trinajstić information content (AvgIpc) is 3.20. The van der Waals surface area contributed by atoms with E-state index in [1.54, 1.807) is 41.5 Å². The summed E-state index contributed by atoms with van der Waals surface area (Å²) in [4.78, 5) is 71.6.